The van der Waals surface area contributed by atoms with Gasteiger partial charge in [0, 0.05) is 11.0 Å². The van der Waals surface area contributed by atoms with E-state index in [0.717, 1.165) is 27.7 Å². The molecule has 0 unspecified atom stereocenters. The summed E-state index contributed by atoms with van der Waals surface area (Å²) in [7, 11) is 4.06. The Morgan fingerprint density at radius 2 is 1.93 bits per heavy atom. The maximum absolute atomic E-state index is 12.9. The monoisotopic (exact) mass is 447 g/mol. The molecule has 7 heteroatoms. The number of anilines is 1. The van der Waals surface area contributed by atoms with Crippen molar-refractivity contribution in [3.05, 3.63) is 53.0 Å². The molecular weight excluding hydrogens is 426 g/mol. The predicted molar refractivity (Wildman–Crippen MR) is 115 cm³/mol. The van der Waals surface area contributed by atoms with Crippen molar-refractivity contribution in [3.8, 4) is 5.75 Å². The molecule has 0 saturated heterocycles. The first-order chi connectivity index (χ1) is 13.0. The molecule has 142 valence electrons. The molecule has 0 aliphatic carbocycles. The van der Waals surface area contributed by atoms with Gasteiger partial charge in [-0.1, -0.05) is 45.5 Å². The fourth-order valence-corrected chi connectivity index (χ4v) is 4.17. The van der Waals surface area contributed by atoms with Gasteiger partial charge in [0.15, 0.2) is 11.7 Å². The molecule has 3 rings (SSSR count). The van der Waals surface area contributed by atoms with E-state index in [1.165, 1.54) is 11.3 Å². The second-order valence-corrected chi connectivity index (χ2v) is 8.34. The molecular formula is C20H22BrN3O2S. The number of halogens is 1. The molecule has 0 fully saturated rings. The minimum absolute atomic E-state index is 0.00834. The Balaban J connectivity index is 1.77. The van der Waals surface area contributed by atoms with Crippen LogP contribution in [0.5, 0.6) is 5.75 Å². The topological polar surface area (TPSA) is 45.7 Å². The van der Waals surface area contributed by atoms with Crippen molar-refractivity contribution in [3.63, 3.8) is 0 Å². The summed E-state index contributed by atoms with van der Waals surface area (Å²) >= 11 is 5.01. The van der Waals surface area contributed by atoms with Crippen LogP contribution in [0.2, 0.25) is 0 Å². The summed E-state index contributed by atoms with van der Waals surface area (Å²) in [5.74, 6) is 0.600. The van der Waals surface area contributed by atoms with Crippen molar-refractivity contribution >= 4 is 48.5 Å². The highest BCUT2D eigenvalue weighted by molar-refractivity contribution is 9.10. The molecule has 1 aromatic heterocycles. The summed E-state index contributed by atoms with van der Waals surface area (Å²) < 4.78 is 7.71. The molecule has 3 aromatic rings. The van der Waals surface area contributed by atoms with Crippen LogP contribution in [0, 0.1) is 0 Å². The van der Waals surface area contributed by atoms with E-state index in [1.807, 2.05) is 62.6 Å². The number of hydrogen-bond donors (Lipinski definition) is 0. The third-order valence-corrected chi connectivity index (χ3v) is 5.50. The smallest absolute Gasteiger partial charge is 0.266 e. The van der Waals surface area contributed by atoms with Crippen LogP contribution in [0.4, 0.5) is 5.13 Å². The number of carbonyl (C=O) groups is 1. The van der Waals surface area contributed by atoms with Gasteiger partial charge in [-0.25, -0.2) is 4.98 Å². The van der Waals surface area contributed by atoms with Gasteiger partial charge in [0.05, 0.1) is 10.2 Å². The van der Waals surface area contributed by atoms with Gasteiger partial charge < -0.3 is 9.64 Å². The zero-order valence-electron chi connectivity index (χ0n) is 15.4. The summed E-state index contributed by atoms with van der Waals surface area (Å²) in [6, 6.07) is 15.3. The molecule has 0 saturated carbocycles. The lowest BCUT2D eigenvalue weighted by atomic mass is 10.3. The number of hydrogen-bond acceptors (Lipinski definition) is 5. The van der Waals surface area contributed by atoms with Crippen molar-refractivity contribution in [1.29, 1.82) is 0 Å². The second-order valence-electron chi connectivity index (χ2n) is 6.41. The van der Waals surface area contributed by atoms with E-state index < -0.39 is 0 Å². The average Bonchev–Trinajstić information content (AvgIpc) is 3.06. The molecule has 27 heavy (non-hydrogen) atoms. The van der Waals surface area contributed by atoms with Gasteiger partial charge in [-0.15, -0.1) is 0 Å². The molecule has 0 atom stereocenters. The summed E-state index contributed by atoms with van der Waals surface area (Å²) in [6.45, 7) is 1.50. The van der Waals surface area contributed by atoms with Gasteiger partial charge in [0.2, 0.25) is 0 Å². The van der Waals surface area contributed by atoms with Crippen molar-refractivity contribution in [2.45, 2.75) is 6.42 Å². The minimum Gasteiger partial charge on any atom is -0.484 e. The van der Waals surface area contributed by atoms with Crippen LogP contribution >= 0.6 is 27.3 Å². The van der Waals surface area contributed by atoms with Gasteiger partial charge in [-0.3, -0.25) is 9.69 Å². The largest absolute Gasteiger partial charge is 0.484 e. The maximum Gasteiger partial charge on any atom is 0.266 e. The minimum atomic E-state index is -0.0873. The van der Waals surface area contributed by atoms with Crippen LogP contribution in [-0.4, -0.2) is 49.6 Å². The average molecular weight is 448 g/mol. The number of ether oxygens (including phenoxy) is 1. The summed E-state index contributed by atoms with van der Waals surface area (Å²) in [6.07, 6.45) is 0.865. The second kappa shape index (κ2) is 9.30. The first kappa shape index (κ1) is 19.8. The summed E-state index contributed by atoms with van der Waals surface area (Å²) in [5, 5.41) is 0.712. The number of carbonyl (C=O) groups excluding carboxylic acids is 1. The first-order valence-electron chi connectivity index (χ1n) is 8.72. The van der Waals surface area contributed by atoms with Gasteiger partial charge in [-0.05, 0) is 57.4 Å². The highest BCUT2D eigenvalue weighted by Crippen LogP contribution is 2.31. The zero-order valence-corrected chi connectivity index (χ0v) is 17.8. The third kappa shape index (κ3) is 5.51. The molecule has 2 aromatic carbocycles. The van der Waals surface area contributed by atoms with E-state index >= 15 is 0 Å². The number of para-hydroxylation sites is 1. The number of amides is 1. The number of thiazole rings is 1. The molecule has 1 heterocycles. The van der Waals surface area contributed by atoms with Gasteiger partial charge >= 0.3 is 0 Å². The third-order valence-electron chi connectivity index (χ3n) is 3.96. The highest BCUT2D eigenvalue weighted by atomic mass is 79.9. The molecule has 1 amide bonds. The zero-order chi connectivity index (χ0) is 19.2. The lowest BCUT2D eigenvalue weighted by Crippen LogP contribution is -2.36. The quantitative estimate of drug-likeness (QED) is 0.512. The lowest BCUT2D eigenvalue weighted by Gasteiger charge is -2.21. The standard InChI is InChI=1S/C20H22BrN3O2S/c1-23(2)11-6-12-24(19(25)14-26-16-7-4-3-5-8-16)20-22-17-10-9-15(21)13-18(17)27-20/h3-5,7-10,13H,6,11-12,14H2,1-2H3. The van der Waals surface area contributed by atoms with E-state index in [2.05, 4.69) is 25.8 Å². The Hall–Kier alpha value is -1.96. The Kier molecular flexibility index (Phi) is 6.82. The number of aromatic nitrogens is 1. The molecule has 0 radical (unpaired) electrons. The molecule has 0 bridgehead atoms. The van der Waals surface area contributed by atoms with E-state index in [-0.39, 0.29) is 12.5 Å². The number of benzene rings is 2. The number of fused-ring (bicyclic) bond motifs is 1. The molecule has 0 aliphatic heterocycles. The SMILES string of the molecule is CN(C)CCCN(C(=O)COc1ccccc1)c1nc2ccc(Br)cc2s1. The summed E-state index contributed by atoms with van der Waals surface area (Å²) in [4.78, 5) is 21.4. The van der Waals surface area contributed by atoms with Crippen LogP contribution in [0.25, 0.3) is 10.2 Å². The van der Waals surface area contributed by atoms with Crippen molar-refractivity contribution in [2.24, 2.45) is 0 Å². The van der Waals surface area contributed by atoms with E-state index in [9.17, 15) is 4.79 Å². The molecule has 0 N–H and O–H groups in total. The predicted octanol–water partition coefficient (Wildman–Crippen LogP) is 4.42. The van der Waals surface area contributed by atoms with Crippen LogP contribution in [0.15, 0.2) is 53.0 Å². The van der Waals surface area contributed by atoms with E-state index in [0.29, 0.717) is 17.4 Å². The fourth-order valence-electron chi connectivity index (χ4n) is 2.61. The van der Waals surface area contributed by atoms with Crippen molar-refractivity contribution in [2.75, 3.05) is 38.7 Å². The summed E-state index contributed by atoms with van der Waals surface area (Å²) in [5.41, 5.74) is 0.896. The van der Waals surface area contributed by atoms with E-state index in [1.54, 1.807) is 4.90 Å². The number of nitrogens with zero attached hydrogens (tertiary/aromatic N) is 3. The Labute approximate surface area is 171 Å². The van der Waals surface area contributed by atoms with Crippen LogP contribution in [0.1, 0.15) is 6.42 Å². The van der Waals surface area contributed by atoms with Crippen LogP contribution in [0.3, 0.4) is 0 Å². The Morgan fingerprint density at radius 1 is 1.15 bits per heavy atom. The molecule has 0 aliphatic rings. The normalized spacial score (nSPS) is 11.1. The van der Waals surface area contributed by atoms with Crippen molar-refractivity contribution in [1.82, 2.24) is 9.88 Å². The van der Waals surface area contributed by atoms with Gasteiger partial charge in [0.1, 0.15) is 5.75 Å². The van der Waals surface area contributed by atoms with Gasteiger partial charge in [-0.2, -0.15) is 0 Å². The van der Waals surface area contributed by atoms with Crippen LogP contribution < -0.4 is 9.64 Å². The lowest BCUT2D eigenvalue weighted by molar-refractivity contribution is -0.120. The molecule has 0 spiro atoms. The highest BCUT2D eigenvalue weighted by Gasteiger charge is 2.20. The Morgan fingerprint density at radius 3 is 2.67 bits per heavy atom. The number of rotatable bonds is 8. The van der Waals surface area contributed by atoms with Crippen LogP contribution in [-0.2, 0) is 4.79 Å². The first-order valence-corrected chi connectivity index (χ1v) is 10.3. The molecule has 5 nitrogen and oxygen atoms in total. The fraction of sp³-hybridized carbons (Fsp3) is 0.300. The maximum atomic E-state index is 12.9. The Bertz CT molecular complexity index is 899. The van der Waals surface area contributed by atoms with Crippen molar-refractivity contribution < 1.29 is 9.53 Å². The van der Waals surface area contributed by atoms with Gasteiger partial charge in [0.25, 0.3) is 5.91 Å². The van der Waals surface area contributed by atoms with E-state index in [4.69, 9.17) is 4.74 Å².